The van der Waals surface area contributed by atoms with E-state index in [0.717, 1.165) is 35.7 Å². The van der Waals surface area contributed by atoms with E-state index >= 15 is 0 Å². The number of nitrogens with one attached hydrogen (secondary N) is 1. The number of fused-ring (bicyclic) bond motifs is 3. The highest BCUT2D eigenvalue weighted by molar-refractivity contribution is 6.07. The second-order valence-electron chi connectivity index (χ2n) is 6.38. The van der Waals surface area contributed by atoms with E-state index in [1.54, 1.807) is 17.8 Å². The van der Waals surface area contributed by atoms with E-state index in [0.29, 0.717) is 12.1 Å². The van der Waals surface area contributed by atoms with Gasteiger partial charge in [-0.1, -0.05) is 18.2 Å². The molecular weight excluding hydrogens is 320 g/mol. The maximum Gasteiger partial charge on any atom is 0.291 e. The minimum absolute atomic E-state index is 0.0932. The molecule has 25 heavy (non-hydrogen) atoms. The Balaban J connectivity index is 1.70. The number of aryl methyl sites for hydroxylation is 1. The topological polar surface area (TPSA) is 78.2 Å². The number of amides is 1. The lowest BCUT2D eigenvalue weighted by molar-refractivity contribution is -0.122. The maximum absolute atomic E-state index is 12.6. The summed E-state index contributed by atoms with van der Waals surface area (Å²) >= 11 is 0. The van der Waals surface area contributed by atoms with Gasteiger partial charge in [0, 0.05) is 36.5 Å². The Morgan fingerprint density at radius 1 is 1.36 bits per heavy atom. The molecule has 0 radical (unpaired) electrons. The number of benzene rings is 1. The van der Waals surface area contributed by atoms with Crippen LogP contribution in [0.15, 0.2) is 35.3 Å². The zero-order valence-corrected chi connectivity index (χ0v) is 14.1. The molecule has 130 valence electrons. The molecule has 3 heterocycles. The van der Waals surface area contributed by atoms with Crippen LogP contribution in [0, 0.1) is 0 Å². The molecule has 7 nitrogen and oxygen atoms in total. The van der Waals surface area contributed by atoms with Crippen LogP contribution >= 0.6 is 0 Å². The Morgan fingerprint density at radius 3 is 3.00 bits per heavy atom. The van der Waals surface area contributed by atoms with Crippen LogP contribution in [0.3, 0.4) is 0 Å². The molecule has 3 aromatic rings. The molecule has 1 saturated heterocycles. The number of carbonyl (C=O) groups excluding carboxylic acids is 1. The summed E-state index contributed by atoms with van der Waals surface area (Å²) in [6.07, 6.45) is 3.79. The second kappa shape index (κ2) is 6.33. The van der Waals surface area contributed by atoms with Gasteiger partial charge in [-0.05, 0) is 18.9 Å². The van der Waals surface area contributed by atoms with Crippen LogP contribution in [-0.2, 0) is 23.1 Å². The van der Waals surface area contributed by atoms with Crippen molar-refractivity contribution in [3.63, 3.8) is 0 Å². The van der Waals surface area contributed by atoms with Gasteiger partial charge in [0.25, 0.3) is 5.56 Å². The van der Waals surface area contributed by atoms with Crippen molar-refractivity contribution in [2.24, 2.45) is 7.05 Å². The normalized spacial score (nSPS) is 17.4. The van der Waals surface area contributed by atoms with Crippen LogP contribution < -0.4 is 10.9 Å². The lowest BCUT2D eigenvalue weighted by Crippen LogP contribution is -2.34. The van der Waals surface area contributed by atoms with Gasteiger partial charge < -0.3 is 14.6 Å². The summed E-state index contributed by atoms with van der Waals surface area (Å²) in [7, 11) is 1.61. The van der Waals surface area contributed by atoms with E-state index in [2.05, 4.69) is 10.4 Å². The first-order valence-corrected chi connectivity index (χ1v) is 8.46. The van der Waals surface area contributed by atoms with Crippen LogP contribution in [0.25, 0.3) is 21.8 Å². The predicted molar refractivity (Wildman–Crippen MR) is 94.5 cm³/mol. The van der Waals surface area contributed by atoms with Gasteiger partial charge in [-0.2, -0.15) is 5.10 Å². The molecule has 1 fully saturated rings. The third-order valence-corrected chi connectivity index (χ3v) is 4.72. The van der Waals surface area contributed by atoms with Gasteiger partial charge in [0.05, 0.1) is 12.3 Å². The van der Waals surface area contributed by atoms with Crippen LogP contribution in [0.5, 0.6) is 0 Å². The summed E-state index contributed by atoms with van der Waals surface area (Å²) in [4.78, 5) is 25.0. The van der Waals surface area contributed by atoms with Gasteiger partial charge >= 0.3 is 0 Å². The Labute approximate surface area is 144 Å². The molecule has 1 unspecified atom stereocenters. The number of nitrogens with zero attached hydrogens (tertiary/aromatic N) is 3. The molecule has 0 saturated carbocycles. The standard InChI is InChI=1S/C18H20N4O3/c1-21-18(24)17-14(10-20-21)13-6-2-3-7-15(13)22(17)11-16(23)19-9-12-5-4-8-25-12/h2-3,6-7,10,12H,4-5,8-9,11H2,1H3,(H,19,23). The van der Waals surface area contributed by atoms with Crippen molar-refractivity contribution in [2.75, 3.05) is 13.2 Å². The van der Waals surface area contributed by atoms with Gasteiger partial charge in [0.1, 0.15) is 12.1 Å². The minimum atomic E-state index is -0.208. The summed E-state index contributed by atoms with van der Waals surface area (Å²) < 4.78 is 8.60. The predicted octanol–water partition coefficient (Wildman–Crippen LogP) is 1.18. The first kappa shape index (κ1) is 15.8. The summed E-state index contributed by atoms with van der Waals surface area (Å²) in [6, 6.07) is 7.68. The molecule has 1 aliphatic rings. The molecule has 1 N–H and O–H groups in total. The molecule has 0 bridgehead atoms. The molecule has 4 rings (SSSR count). The van der Waals surface area contributed by atoms with E-state index in [1.807, 2.05) is 24.3 Å². The summed E-state index contributed by atoms with van der Waals surface area (Å²) in [5, 5.41) is 8.72. The zero-order chi connectivity index (χ0) is 17.4. The third kappa shape index (κ3) is 2.80. The molecule has 7 heteroatoms. The number of para-hydroxylation sites is 1. The van der Waals surface area contributed by atoms with Crippen molar-refractivity contribution in [1.29, 1.82) is 0 Å². The van der Waals surface area contributed by atoms with Gasteiger partial charge in [-0.15, -0.1) is 0 Å². The van der Waals surface area contributed by atoms with Gasteiger partial charge in [-0.25, -0.2) is 4.68 Å². The number of hydrogen-bond donors (Lipinski definition) is 1. The smallest absolute Gasteiger partial charge is 0.291 e. The van der Waals surface area contributed by atoms with Crippen molar-refractivity contribution in [1.82, 2.24) is 19.7 Å². The molecule has 1 aromatic carbocycles. The van der Waals surface area contributed by atoms with Crippen LogP contribution in [-0.4, -0.2) is 39.5 Å². The Kier molecular flexibility index (Phi) is 4.01. The van der Waals surface area contributed by atoms with E-state index in [1.165, 1.54) is 4.68 Å². The molecular formula is C18H20N4O3. The largest absolute Gasteiger partial charge is 0.376 e. The fourth-order valence-electron chi connectivity index (χ4n) is 3.44. The zero-order valence-electron chi connectivity index (χ0n) is 14.1. The van der Waals surface area contributed by atoms with E-state index in [-0.39, 0.29) is 24.1 Å². The fraction of sp³-hybridized carbons (Fsp3) is 0.389. The van der Waals surface area contributed by atoms with Crippen molar-refractivity contribution < 1.29 is 9.53 Å². The Bertz CT molecular complexity index is 999. The number of hydrogen-bond acceptors (Lipinski definition) is 4. The summed E-state index contributed by atoms with van der Waals surface area (Å²) in [6.45, 7) is 1.36. The van der Waals surface area contributed by atoms with Crippen LogP contribution in [0.4, 0.5) is 0 Å². The van der Waals surface area contributed by atoms with Crippen molar-refractivity contribution in [3.05, 3.63) is 40.8 Å². The highest BCUT2D eigenvalue weighted by Crippen LogP contribution is 2.26. The molecule has 1 atom stereocenters. The highest BCUT2D eigenvalue weighted by atomic mass is 16.5. The van der Waals surface area contributed by atoms with E-state index in [9.17, 15) is 9.59 Å². The molecule has 2 aromatic heterocycles. The van der Waals surface area contributed by atoms with E-state index < -0.39 is 0 Å². The number of rotatable bonds is 4. The van der Waals surface area contributed by atoms with Crippen molar-refractivity contribution >= 4 is 27.7 Å². The minimum Gasteiger partial charge on any atom is -0.376 e. The van der Waals surface area contributed by atoms with Crippen LogP contribution in [0.1, 0.15) is 12.8 Å². The fourth-order valence-corrected chi connectivity index (χ4v) is 3.44. The third-order valence-electron chi connectivity index (χ3n) is 4.72. The number of ether oxygens (including phenoxy) is 1. The van der Waals surface area contributed by atoms with Crippen LogP contribution in [0.2, 0.25) is 0 Å². The molecule has 1 aliphatic heterocycles. The lowest BCUT2D eigenvalue weighted by atomic mass is 10.2. The quantitative estimate of drug-likeness (QED) is 0.774. The highest BCUT2D eigenvalue weighted by Gasteiger charge is 2.19. The van der Waals surface area contributed by atoms with Crippen molar-refractivity contribution in [2.45, 2.75) is 25.5 Å². The summed E-state index contributed by atoms with van der Waals surface area (Å²) in [5.41, 5.74) is 1.15. The van der Waals surface area contributed by atoms with E-state index in [4.69, 9.17) is 4.74 Å². The molecule has 0 spiro atoms. The monoisotopic (exact) mass is 340 g/mol. The summed E-state index contributed by atoms with van der Waals surface area (Å²) in [5.74, 6) is -0.128. The Hall–Kier alpha value is -2.67. The molecule has 1 amide bonds. The first-order valence-electron chi connectivity index (χ1n) is 8.46. The average Bonchev–Trinajstić information content (AvgIpc) is 3.24. The molecule has 0 aliphatic carbocycles. The SMILES string of the molecule is Cn1ncc2c3ccccc3n(CC(=O)NCC3CCCO3)c2c1=O. The van der Waals surface area contributed by atoms with Gasteiger partial charge in [-0.3, -0.25) is 9.59 Å². The number of carbonyl (C=O) groups is 1. The average molecular weight is 340 g/mol. The van der Waals surface area contributed by atoms with Gasteiger partial charge in [0.2, 0.25) is 5.91 Å². The first-order chi connectivity index (χ1) is 12.1. The second-order valence-corrected chi connectivity index (χ2v) is 6.38. The Morgan fingerprint density at radius 2 is 2.20 bits per heavy atom. The maximum atomic E-state index is 12.6. The van der Waals surface area contributed by atoms with Gasteiger partial charge in [0.15, 0.2) is 0 Å². The number of aromatic nitrogens is 3. The van der Waals surface area contributed by atoms with Crippen molar-refractivity contribution in [3.8, 4) is 0 Å². The lowest BCUT2D eigenvalue weighted by Gasteiger charge is -2.12.